The zero-order valence-corrected chi connectivity index (χ0v) is 10.4. The van der Waals surface area contributed by atoms with Gasteiger partial charge in [0.2, 0.25) is 11.8 Å². The van der Waals surface area contributed by atoms with Gasteiger partial charge >= 0.3 is 0 Å². The second-order valence-electron chi connectivity index (χ2n) is 4.34. The molecule has 0 fully saturated rings. The van der Waals surface area contributed by atoms with Gasteiger partial charge in [0.25, 0.3) is 0 Å². The molecule has 2 unspecified atom stereocenters. The third-order valence-corrected chi connectivity index (χ3v) is 2.26. The number of carbonyl (C=O) groups is 2. The van der Waals surface area contributed by atoms with Crippen molar-refractivity contribution in [3.8, 4) is 0 Å². The molecule has 94 valence electrons. The molecule has 0 aliphatic rings. The van der Waals surface area contributed by atoms with Gasteiger partial charge < -0.3 is 15.7 Å². The van der Waals surface area contributed by atoms with E-state index in [1.165, 1.54) is 6.92 Å². The molecule has 0 saturated carbocycles. The average molecular weight is 230 g/mol. The lowest BCUT2D eigenvalue weighted by Gasteiger charge is -2.23. The summed E-state index contributed by atoms with van der Waals surface area (Å²) in [7, 11) is 0. The van der Waals surface area contributed by atoms with Gasteiger partial charge in [-0.1, -0.05) is 13.8 Å². The minimum Gasteiger partial charge on any atom is -0.396 e. The van der Waals surface area contributed by atoms with Gasteiger partial charge in [0, 0.05) is 19.6 Å². The Labute approximate surface area is 96.6 Å². The maximum absolute atomic E-state index is 11.8. The Morgan fingerprint density at radius 1 is 1.19 bits per heavy atom. The summed E-state index contributed by atoms with van der Waals surface area (Å²) in [6, 6.07) is -0.605. The van der Waals surface area contributed by atoms with Gasteiger partial charge in [0.1, 0.15) is 6.04 Å². The zero-order valence-electron chi connectivity index (χ0n) is 10.4. The monoisotopic (exact) mass is 230 g/mol. The fourth-order valence-corrected chi connectivity index (χ4v) is 1.35. The van der Waals surface area contributed by atoms with Crippen molar-refractivity contribution in [1.29, 1.82) is 0 Å². The predicted octanol–water partition coefficient (Wildman–Crippen LogP) is 0.0342. The Kier molecular flexibility index (Phi) is 6.72. The molecule has 5 nitrogen and oxygen atoms in total. The first-order valence-electron chi connectivity index (χ1n) is 5.56. The Hall–Kier alpha value is -1.10. The van der Waals surface area contributed by atoms with Gasteiger partial charge in [-0.15, -0.1) is 0 Å². The molecule has 0 aromatic heterocycles. The van der Waals surface area contributed by atoms with Crippen molar-refractivity contribution in [2.45, 2.75) is 46.2 Å². The Morgan fingerprint density at radius 3 is 2.12 bits per heavy atom. The molecule has 0 spiro atoms. The molecule has 0 radical (unpaired) electrons. The lowest BCUT2D eigenvalue weighted by atomic mass is 10.0. The minimum atomic E-state index is -0.515. The van der Waals surface area contributed by atoms with Crippen LogP contribution < -0.4 is 10.6 Å². The summed E-state index contributed by atoms with van der Waals surface area (Å²) >= 11 is 0. The highest BCUT2D eigenvalue weighted by Gasteiger charge is 2.23. The Bertz CT molecular complexity index is 241. The van der Waals surface area contributed by atoms with E-state index in [0.29, 0.717) is 6.42 Å². The maximum Gasteiger partial charge on any atom is 0.243 e. The van der Waals surface area contributed by atoms with E-state index in [-0.39, 0.29) is 30.4 Å². The second kappa shape index (κ2) is 7.22. The molecule has 0 aliphatic heterocycles. The van der Waals surface area contributed by atoms with E-state index in [1.807, 2.05) is 20.8 Å². The van der Waals surface area contributed by atoms with Crippen molar-refractivity contribution in [2.75, 3.05) is 6.61 Å². The van der Waals surface area contributed by atoms with E-state index in [0.717, 1.165) is 0 Å². The van der Waals surface area contributed by atoms with Crippen molar-refractivity contribution >= 4 is 11.8 Å². The van der Waals surface area contributed by atoms with Crippen molar-refractivity contribution < 1.29 is 14.7 Å². The molecule has 16 heavy (non-hydrogen) atoms. The second-order valence-corrected chi connectivity index (χ2v) is 4.34. The van der Waals surface area contributed by atoms with E-state index in [2.05, 4.69) is 10.6 Å². The van der Waals surface area contributed by atoms with Crippen molar-refractivity contribution in [3.63, 3.8) is 0 Å². The summed E-state index contributed by atoms with van der Waals surface area (Å²) in [6.07, 6.45) is 0.511. The molecule has 0 heterocycles. The maximum atomic E-state index is 11.8. The molecule has 0 aromatic carbocycles. The Morgan fingerprint density at radius 2 is 1.75 bits per heavy atom. The van der Waals surface area contributed by atoms with Crippen molar-refractivity contribution in [2.24, 2.45) is 5.92 Å². The van der Waals surface area contributed by atoms with Gasteiger partial charge in [-0.25, -0.2) is 0 Å². The lowest BCUT2D eigenvalue weighted by molar-refractivity contribution is -0.129. The van der Waals surface area contributed by atoms with Gasteiger partial charge in [-0.2, -0.15) is 0 Å². The van der Waals surface area contributed by atoms with E-state index in [4.69, 9.17) is 5.11 Å². The predicted molar refractivity (Wildman–Crippen MR) is 61.8 cm³/mol. The van der Waals surface area contributed by atoms with E-state index in [9.17, 15) is 9.59 Å². The first-order valence-corrected chi connectivity index (χ1v) is 5.56. The quantitative estimate of drug-likeness (QED) is 0.602. The number of hydrogen-bond donors (Lipinski definition) is 3. The highest BCUT2D eigenvalue weighted by Crippen LogP contribution is 2.03. The lowest BCUT2D eigenvalue weighted by Crippen LogP contribution is -2.51. The van der Waals surface area contributed by atoms with Crippen LogP contribution in [0.1, 0.15) is 34.1 Å². The van der Waals surface area contributed by atoms with E-state index < -0.39 is 6.04 Å². The number of aliphatic hydroxyl groups is 1. The number of carbonyl (C=O) groups excluding carboxylic acids is 2. The highest BCUT2D eigenvalue weighted by atomic mass is 16.3. The fourth-order valence-electron chi connectivity index (χ4n) is 1.35. The van der Waals surface area contributed by atoms with Crippen LogP contribution >= 0.6 is 0 Å². The van der Waals surface area contributed by atoms with Crippen LogP contribution in [0.2, 0.25) is 0 Å². The molecular formula is C11H22N2O3. The summed E-state index contributed by atoms with van der Waals surface area (Å²) < 4.78 is 0. The first-order chi connectivity index (χ1) is 7.38. The third-order valence-electron chi connectivity index (χ3n) is 2.26. The van der Waals surface area contributed by atoms with Gasteiger partial charge in [-0.05, 0) is 19.3 Å². The summed E-state index contributed by atoms with van der Waals surface area (Å²) in [5.41, 5.74) is 0. The van der Waals surface area contributed by atoms with Crippen molar-refractivity contribution in [3.05, 3.63) is 0 Å². The van der Waals surface area contributed by atoms with Crippen LogP contribution in [0.25, 0.3) is 0 Å². The number of aliphatic hydroxyl groups excluding tert-OH is 1. The fraction of sp³-hybridized carbons (Fsp3) is 0.818. The largest absolute Gasteiger partial charge is 0.396 e. The molecule has 5 heteroatoms. The molecule has 0 saturated heterocycles. The molecule has 0 aliphatic carbocycles. The Balaban J connectivity index is 4.32. The summed E-state index contributed by atoms with van der Waals surface area (Å²) in [5.74, 6) is -0.389. The summed E-state index contributed by atoms with van der Waals surface area (Å²) in [4.78, 5) is 22.7. The van der Waals surface area contributed by atoms with Crippen LogP contribution in [-0.2, 0) is 9.59 Å². The van der Waals surface area contributed by atoms with Crippen LogP contribution in [0.15, 0.2) is 0 Å². The minimum absolute atomic E-state index is 0.0326. The van der Waals surface area contributed by atoms with Gasteiger partial charge in [0.05, 0.1) is 0 Å². The molecule has 3 N–H and O–H groups in total. The first kappa shape index (κ1) is 14.9. The highest BCUT2D eigenvalue weighted by molar-refractivity contribution is 5.87. The molecular weight excluding hydrogens is 208 g/mol. The van der Waals surface area contributed by atoms with Gasteiger partial charge in [-0.3, -0.25) is 9.59 Å². The normalized spacial score (nSPS) is 14.4. The van der Waals surface area contributed by atoms with E-state index in [1.54, 1.807) is 0 Å². The topological polar surface area (TPSA) is 78.4 Å². The zero-order chi connectivity index (χ0) is 12.7. The standard InChI is InChI=1S/C11H22N2O3/c1-7(2)10(13-9(4)15)11(16)12-8(3)5-6-14/h7-8,10,14H,5-6H2,1-4H3,(H,12,16)(H,13,15). The summed E-state index contributed by atoms with van der Waals surface area (Å²) in [6.45, 7) is 6.99. The number of rotatable bonds is 6. The molecule has 0 bridgehead atoms. The third kappa shape index (κ3) is 5.70. The van der Waals surface area contributed by atoms with Crippen LogP contribution in [-0.4, -0.2) is 35.6 Å². The molecule has 2 amide bonds. The van der Waals surface area contributed by atoms with Crippen LogP contribution in [0.3, 0.4) is 0 Å². The SMILES string of the molecule is CC(=O)NC(C(=O)NC(C)CCO)C(C)C. The summed E-state index contributed by atoms with van der Waals surface area (Å²) in [5, 5.41) is 14.1. The number of hydrogen-bond acceptors (Lipinski definition) is 3. The van der Waals surface area contributed by atoms with Gasteiger partial charge in [0.15, 0.2) is 0 Å². The average Bonchev–Trinajstić information content (AvgIpc) is 2.13. The smallest absolute Gasteiger partial charge is 0.243 e. The van der Waals surface area contributed by atoms with Crippen LogP contribution in [0.4, 0.5) is 0 Å². The van der Waals surface area contributed by atoms with Crippen LogP contribution in [0.5, 0.6) is 0 Å². The molecule has 0 aromatic rings. The molecule has 0 rings (SSSR count). The number of nitrogens with one attached hydrogen (secondary N) is 2. The number of amides is 2. The molecule has 2 atom stereocenters. The van der Waals surface area contributed by atoms with Crippen LogP contribution in [0, 0.1) is 5.92 Å². The van der Waals surface area contributed by atoms with Crippen molar-refractivity contribution in [1.82, 2.24) is 10.6 Å². The van der Waals surface area contributed by atoms with E-state index >= 15 is 0 Å².